The predicted octanol–water partition coefficient (Wildman–Crippen LogP) is 6.95. The highest BCUT2D eigenvalue weighted by Crippen LogP contribution is 2.52. The molecule has 0 nitrogen and oxygen atoms in total. The fourth-order valence-corrected chi connectivity index (χ4v) is 6.00. The van der Waals surface area contributed by atoms with E-state index in [1.165, 1.54) is 43.8 Å². The van der Waals surface area contributed by atoms with Crippen LogP contribution in [0.15, 0.2) is 85.0 Å². The van der Waals surface area contributed by atoms with E-state index >= 15 is 0 Å². The van der Waals surface area contributed by atoms with Gasteiger partial charge in [-0.05, 0) is 73.7 Å². The lowest BCUT2D eigenvalue weighted by Crippen LogP contribution is -2.04. The van der Waals surface area contributed by atoms with Crippen molar-refractivity contribution in [2.24, 2.45) is 5.92 Å². The van der Waals surface area contributed by atoms with Crippen LogP contribution in [0.5, 0.6) is 0 Å². The average Bonchev–Trinajstić information content (AvgIpc) is 3.32. The number of rotatable bonds is 0. The van der Waals surface area contributed by atoms with Crippen molar-refractivity contribution < 1.29 is 0 Å². The molecule has 0 heteroatoms. The normalized spacial score (nSPS) is 21.0. The summed E-state index contributed by atoms with van der Waals surface area (Å²) in [5.41, 5.74) is 9.00. The first-order valence-electron chi connectivity index (χ1n) is 10.3. The molecule has 4 aromatic rings. The molecular formula is C28H20. The summed E-state index contributed by atoms with van der Waals surface area (Å²) in [5, 5.41) is 5.83. The Morgan fingerprint density at radius 1 is 0.679 bits per heavy atom. The van der Waals surface area contributed by atoms with Crippen LogP contribution in [0.4, 0.5) is 0 Å². The van der Waals surface area contributed by atoms with Gasteiger partial charge in [-0.15, -0.1) is 0 Å². The molecule has 0 heterocycles. The van der Waals surface area contributed by atoms with E-state index in [0.29, 0.717) is 11.8 Å². The van der Waals surface area contributed by atoms with E-state index in [0.717, 1.165) is 12.8 Å². The Kier molecular flexibility index (Phi) is 2.78. The Balaban J connectivity index is 1.70. The van der Waals surface area contributed by atoms with E-state index in [-0.39, 0.29) is 0 Å². The van der Waals surface area contributed by atoms with Gasteiger partial charge < -0.3 is 0 Å². The Morgan fingerprint density at radius 2 is 1.50 bits per heavy atom. The Hall–Kier alpha value is -3.12. The number of hydrogen-bond donors (Lipinski definition) is 0. The van der Waals surface area contributed by atoms with Crippen molar-refractivity contribution in [1.29, 1.82) is 0 Å². The molecule has 132 valence electrons. The topological polar surface area (TPSA) is 0 Å². The van der Waals surface area contributed by atoms with Crippen LogP contribution < -0.4 is 0 Å². The molecule has 3 aliphatic rings. The molecule has 0 fully saturated rings. The maximum atomic E-state index is 2.42. The Labute approximate surface area is 164 Å². The van der Waals surface area contributed by atoms with Crippen molar-refractivity contribution in [2.45, 2.75) is 18.8 Å². The molecule has 0 amide bonds. The summed E-state index contributed by atoms with van der Waals surface area (Å²) in [5.74, 6) is 1.12. The molecule has 0 spiro atoms. The largest absolute Gasteiger partial charge is 0.0802 e. The first-order chi connectivity index (χ1) is 13.9. The zero-order valence-electron chi connectivity index (χ0n) is 15.7. The summed E-state index contributed by atoms with van der Waals surface area (Å²) in [7, 11) is 0. The highest BCUT2D eigenvalue weighted by Gasteiger charge is 2.34. The smallest absolute Gasteiger partial charge is 0.00963 e. The van der Waals surface area contributed by atoms with Crippen LogP contribution in [0.3, 0.4) is 0 Å². The summed E-state index contributed by atoms with van der Waals surface area (Å²) in [6.07, 6.45) is 11.5. The van der Waals surface area contributed by atoms with Crippen LogP contribution in [0.25, 0.3) is 32.7 Å². The van der Waals surface area contributed by atoms with E-state index in [9.17, 15) is 0 Å². The lowest BCUT2D eigenvalue weighted by molar-refractivity contribution is 0.632. The Bertz CT molecular complexity index is 1370. The fraction of sp³-hybridized carbons (Fsp3) is 0.143. The molecule has 2 unspecified atom stereocenters. The Morgan fingerprint density at radius 3 is 2.46 bits per heavy atom. The molecule has 3 aliphatic carbocycles. The predicted molar refractivity (Wildman–Crippen MR) is 118 cm³/mol. The minimum Gasteiger partial charge on any atom is -0.0802 e. The zero-order chi connectivity index (χ0) is 18.2. The van der Waals surface area contributed by atoms with Gasteiger partial charge in [-0.25, -0.2) is 0 Å². The van der Waals surface area contributed by atoms with Crippen molar-refractivity contribution in [3.63, 3.8) is 0 Å². The van der Waals surface area contributed by atoms with Crippen LogP contribution >= 0.6 is 0 Å². The summed E-state index contributed by atoms with van der Waals surface area (Å²) in [6.45, 7) is 0. The third kappa shape index (κ3) is 1.76. The first kappa shape index (κ1) is 14.9. The van der Waals surface area contributed by atoms with E-state index in [1.54, 1.807) is 11.1 Å². The second-order valence-corrected chi connectivity index (χ2v) is 8.46. The van der Waals surface area contributed by atoms with Gasteiger partial charge in [0.1, 0.15) is 0 Å². The van der Waals surface area contributed by atoms with Gasteiger partial charge in [0.05, 0.1) is 0 Å². The molecule has 0 saturated carbocycles. The molecule has 28 heavy (non-hydrogen) atoms. The van der Waals surface area contributed by atoms with E-state index < -0.39 is 0 Å². The van der Waals surface area contributed by atoms with Crippen LogP contribution in [0.2, 0.25) is 0 Å². The first-order valence-corrected chi connectivity index (χ1v) is 10.3. The van der Waals surface area contributed by atoms with E-state index in [2.05, 4.69) is 85.0 Å². The maximum absolute atomic E-state index is 2.42. The van der Waals surface area contributed by atoms with Gasteiger partial charge in [-0.3, -0.25) is 0 Å². The number of fused-ring (bicyclic) bond motifs is 12. The van der Waals surface area contributed by atoms with Crippen LogP contribution in [-0.2, 0) is 12.8 Å². The molecule has 0 bridgehead atoms. The molecule has 0 N–H and O–H groups in total. The average molecular weight is 356 g/mol. The van der Waals surface area contributed by atoms with Crippen LogP contribution in [0.1, 0.15) is 28.2 Å². The van der Waals surface area contributed by atoms with Gasteiger partial charge in [-0.1, -0.05) is 85.0 Å². The van der Waals surface area contributed by atoms with Gasteiger partial charge >= 0.3 is 0 Å². The van der Waals surface area contributed by atoms with Crippen molar-refractivity contribution in [2.75, 3.05) is 0 Å². The summed E-state index contributed by atoms with van der Waals surface area (Å²) in [4.78, 5) is 0. The van der Waals surface area contributed by atoms with E-state index in [1.807, 2.05) is 0 Å². The zero-order valence-corrected chi connectivity index (χ0v) is 15.7. The minimum atomic E-state index is 0.516. The van der Waals surface area contributed by atoms with E-state index in [4.69, 9.17) is 0 Å². The quantitative estimate of drug-likeness (QED) is 0.263. The fourth-order valence-electron chi connectivity index (χ4n) is 6.00. The monoisotopic (exact) mass is 356 g/mol. The van der Waals surface area contributed by atoms with Crippen molar-refractivity contribution in [1.82, 2.24) is 0 Å². The molecule has 0 radical (unpaired) electrons. The lowest BCUT2D eigenvalue weighted by Gasteiger charge is -2.20. The molecule has 0 saturated heterocycles. The van der Waals surface area contributed by atoms with Crippen molar-refractivity contribution >= 4 is 21.5 Å². The molecule has 0 aliphatic heterocycles. The van der Waals surface area contributed by atoms with Crippen LogP contribution in [-0.4, -0.2) is 0 Å². The number of benzene rings is 4. The van der Waals surface area contributed by atoms with Crippen molar-refractivity contribution in [3.05, 3.63) is 107 Å². The summed E-state index contributed by atoms with van der Waals surface area (Å²) >= 11 is 0. The third-order valence-corrected chi connectivity index (χ3v) is 7.12. The SMILES string of the molecule is C1=CC2Cc3c(c4ccc5c(c4c4ccccc34)-c3ccccc3C5)C2C=C1. The highest BCUT2D eigenvalue weighted by atomic mass is 14.4. The second kappa shape index (κ2) is 5.23. The third-order valence-electron chi connectivity index (χ3n) is 7.12. The molecule has 7 rings (SSSR count). The summed E-state index contributed by atoms with van der Waals surface area (Å²) < 4.78 is 0. The molecular weight excluding hydrogens is 336 g/mol. The molecule has 4 aromatic carbocycles. The number of allylic oxidation sites excluding steroid dienone is 4. The standard InChI is InChI=1S/C28H20/c1-3-9-20-17(7-1)15-19-13-14-24-27-21-10-4-2-8-18(21)16-25(27)22-11-5-6-12-23(22)28(24)26(19)20/h1-14,18,21H,15-16H2. The maximum Gasteiger partial charge on any atom is 0.00963 e. The van der Waals surface area contributed by atoms with Gasteiger partial charge in [0.2, 0.25) is 0 Å². The van der Waals surface area contributed by atoms with Gasteiger partial charge in [0.15, 0.2) is 0 Å². The summed E-state index contributed by atoms with van der Waals surface area (Å²) in [6, 6.07) is 22.9. The lowest BCUT2D eigenvalue weighted by atomic mass is 9.84. The van der Waals surface area contributed by atoms with Gasteiger partial charge in [0.25, 0.3) is 0 Å². The van der Waals surface area contributed by atoms with Gasteiger partial charge in [-0.2, -0.15) is 0 Å². The van der Waals surface area contributed by atoms with Crippen LogP contribution in [0, 0.1) is 5.92 Å². The minimum absolute atomic E-state index is 0.516. The number of hydrogen-bond acceptors (Lipinski definition) is 0. The highest BCUT2D eigenvalue weighted by molar-refractivity contribution is 6.18. The molecule has 0 aromatic heterocycles. The van der Waals surface area contributed by atoms with Gasteiger partial charge in [0, 0.05) is 5.92 Å². The second-order valence-electron chi connectivity index (χ2n) is 8.46. The van der Waals surface area contributed by atoms with Crippen molar-refractivity contribution in [3.8, 4) is 11.1 Å². The molecule has 2 atom stereocenters.